The van der Waals surface area contributed by atoms with Gasteiger partial charge in [0.25, 0.3) is 0 Å². The van der Waals surface area contributed by atoms with Gasteiger partial charge in [0.2, 0.25) is 0 Å². The summed E-state index contributed by atoms with van der Waals surface area (Å²) in [6, 6.07) is 8.51. The first-order valence-electron chi connectivity index (χ1n) is 7.43. The van der Waals surface area contributed by atoms with Crippen molar-refractivity contribution in [2.45, 2.75) is 32.2 Å². The van der Waals surface area contributed by atoms with Crippen molar-refractivity contribution in [1.82, 2.24) is 20.1 Å². The molecule has 3 rings (SSSR count). The van der Waals surface area contributed by atoms with E-state index in [1.54, 1.807) is 6.33 Å². The summed E-state index contributed by atoms with van der Waals surface area (Å²) in [5.41, 5.74) is 1.49. The lowest BCUT2D eigenvalue weighted by Crippen LogP contribution is -2.58. The number of rotatable bonds is 5. The molecule has 4 nitrogen and oxygen atoms in total. The number of halogens is 1. The molecule has 1 saturated heterocycles. The number of aromatic nitrogens is 3. The van der Waals surface area contributed by atoms with Crippen molar-refractivity contribution in [1.29, 1.82) is 0 Å². The summed E-state index contributed by atoms with van der Waals surface area (Å²) < 4.78 is 3.24. The highest BCUT2D eigenvalue weighted by Crippen LogP contribution is 2.36. The lowest BCUT2D eigenvalue weighted by atomic mass is 9.72. The molecular weight excluding hydrogens is 328 g/mol. The third kappa shape index (κ3) is 2.90. The maximum absolute atomic E-state index is 4.50. The third-order valence-electron chi connectivity index (χ3n) is 4.10. The summed E-state index contributed by atoms with van der Waals surface area (Å²) in [6.07, 6.45) is 2.60. The molecule has 0 bridgehead atoms. The molecule has 2 heterocycles. The SMILES string of the molecule is CC(C)Cn1ncnc1CC1(c2ccccc2Br)CNC1. The lowest BCUT2D eigenvalue weighted by molar-refractivity contribution is 0.263. The van der Waals surface area contributed by atoms with E-state index in [9.17, 15) is 0 Å². The number of hydrogen-bond acceptors (Lipinski definition) is 3. The van der Waals surface area contributed by atoms with Gasteiger partial charge >= 0.3 is 0 Å². The standard InChI is InChI=1S/C16H21BrN4/c1-12(2)8-21-15(19-11-20-21)7-16(9-18-10-16)13-5-3-4-6-14(13)17/h3-6,11-12,18H,7-10H2,1-2H3. The van der Waals surface area contributed by atoms with E-state index in [1.165, 1.54) is 10.0 Å². The quantitative estimate of drug-likeness (QED) is 0.903. The van der Waals surface area contributed by atoms with Crippen LogP contribution >= 0.6 is 15.9 Å². The summed E-state index contributed by atoms with van der Waals surface area (Å²) >= 11 is 3.70. The number of nitrogens with zero attached hydrogens (tertiary/aromatic N) is 3. The van der Waals surface area contributed by atoms with E-state index in [0.29, 0.717) is 5.92 Å². The van der Waals surface area contributed by atoms with Gasteiger partial charge in [0.05, 0.1) is 0 Å². The van der Waals surface area contributed by atoms with Gasteiger partial charge in [0.15, 0.2) is 0 Å². The molecule has 1 aliphatic heterocycles. The van der Waals surface area contributed by atoms with Crippen LogP contribution in [0, 0.1) is 5.92 Å². The van der Waals surface area contributed by atoms with Crippen LogP contribution in [0.4, 0.5) is 0 Å². The zero-order valence-electron chi connectivity index (χ0n) is 12.5. The van der Waals surface area contributed by atoms with Crippen molar-refractivity contribution < 1.29 is 0 Å². The molecule has 2 aromatic rings. The Bertz CT molecular complexity index is 616. The van der Waals surface area contributed by atoms with Crippen LogP contribution in [0.25, 0.3) is 0 Å². The fraction of sp³-hybridized carbons (Fsp3) is 0.500. The van der Waals surface area contributed by atoms with E-state index in [4.69, 9.17) is 0 Å². The highest BCUT2D eigenvalue weighted by molar-refractivity contribution is 9.10. The molecule has 1 fully saturated rings. The van der Waals surface area contributed by atoms with Crippen molar-refractivity contribution in [2.24, 2.45) is 5.92 Å². The molecule has 0 spiro atoms. The first kappa shape index (κ1) is 14.7. The van der Waals surface area contributed by atoms with Crippen molar-refractivity contribution in [3.05, 3.63) is 46.5 Å². The van der Waals surface area contributed by atoms with Gasteiger partial charge in [0, 0.05) is 35.9 Å². The summed E-state index contributed by atoms with van der Waals surface area (Å²) in [5, 5.41) is 7.81. The van der Waals surface area contributed by atoms with Crippen LogP contribution in [0.5, 0.6) is 0 Å². The Hall–Kier alpha value is -1.20. The second kappa shape index (κ2) is 5.89. The Kier molecular flexibility index (Phi) is 4.13. The highest BCUT2D eigenvalue weighted by atomic mass is 79.9. The second-order valence-electron chi connectivity index (χ2n) is 6.29. The molecule has 112 valence electrons. The van der Waals surface area contributed by atoms with Crippen LogP contribution in [0.15, 0.2) is 35.1 Å². The molecule has 0 amide bonds. The third-order valence-corrected chi connectivity index (χ3v) is 4.79. The van der Waals surface area contributed by atoms with Gasteiger partial charge in [-0.15, -0.1) is 0 Å². The second-order valence-corrected chi connectivity index (χ2v) is 7.15. The van der Waals surface area contributed by atoms with Gasteiger partial charge in [0.1, 0.15) is 12.2 Å². The minimum atomic E-state index is 0.127. The number of nitrogens with one attached hydrogen (secondary N) is 1. The minimum Gasteiger partial charge on any atom is -0.315 e. The van der Waals surface area contributed by atoms with Crippen LogP contribution in [0.2, 0.25) is 0 Å². The molecule has 0 atom stereocenters. The monoisotopic (exact) mass is 348 g/mol. The summed E-state index contributed by atoms with van der Waals surface area (Å²) in [7, 11) is 0. The highest BCUT2D eigenvalue weighted by Gasteiger charge is 2.41. The van der Waals surface area contributed by atoms with E-state index in [1.807, 2.05) is 0 Å². The first-order valence-corrected chi connectivity index (χ1v) is 8.22. The largest absolute Gasteiger partial charge is 0.315 e. The molecular formula is C16H21BrN4. The summed E-state index contributed by atoms with van der Waals surface area (Å²) in [5.74, 6) is 1.66. The van der Waals surface area contributed by atoms with E-state index in [0.717, 1.165) is 31.9 Å². The minimum absolute atomic E-state index is 0.127. The average Bonchev–Trinajstić information content (AvgIpc) is 2.81. The Morgan fingerprint density at radius 3 is 2.71 bits per heavy atom. The fourth-order valence-electron chi connectivity index (χ4n) is 2.95. The first-order chi connectivity index (χ1) is 10.1. The predicted molar refractivity (Wildman–Crippen MR) is 87.3 cm³/mol. The fourth-order valence-corrected chi connectivity index (χ4v) is 3.66. The van der Waals surface area contributed by atoms with Crippen LogP contribution in [0.3, 0.4) is 0 Å². The smallest absolute Gasteiger partial charge is 0.138 e. The van der Waals surface area contributed by atoms with Crippen LogP contribution in [0.1, 0.15) is 25.2 Å². The Morgan fingerprint density at radius 1 is 1.33 bits per heavy atom. The Balaban J connectivity index is 1.89. The topological polar surface area (TPSA) is 42.7 Å². The molecule has 0 aliphatic carbocycles. The zero-order chi connectivity index (χ0) is 14.9. The molecule has 1 N–H and O–H groups in total. The van der Waals surface area contributed by atoms with Crippen LogP contribution in [-0.2, 0) is 18.4 Å². The van der Waals surface area contributed by atoms with E-state index >= 15 is 0 Å². The van der Waals surface area contributed by atoms with Gasteiger partial charge in [-0.2, -0.15) is 5.10 Å². The predicted octanol–water partition coefficient (Wildman–Crippen LogP) is 2.78. The molecule has 0 unspecified atom stereocenters. The zero-order valence-corrected chi connectivity index (χ0v) is 14.1. The molecule has 1 aromatic carbocycles. The van der Waals surface area contributed by atoms with Gasteiger partial charge in [-0.05, 0) is 17.5 Å². The number of benzene rings is 1. The number of hydrogen-bond donors (Lipinski definition) is 1. The molecule has 1 aromatic heterocycles. The van der Waals surface area contributed by atoms with Gasteiger partial charge in [-0.3, -0.25) is 0 Å². The molecule has 0 saturated carbocycles. The van der Waals surface area contributed by atoms with Gasteiger partial charge < -0.3 is 5.32 Å². The maximum Gasteiger partial charge on any atom is 0.138 e. The Morgan fingerprint density at radius 2 is 2.10 bits per heavy atom. The van der Waals surface area contributed by atoms with Crippen molar-refractivity contribution >= 4 is 15.9 Å². The summed E-state index contributed by atoms with van der Waals surface area (Å²) in [4.78, 5) is 4.50. The Labute approximate surface area is 134 Å². The molecule has 0 radical (unpaired) electrons. The average molecular weight is 349 g/mol. The van der Waals surface area contributed by atoms with E-state index < -0.39 is 0 Å². The lowest BCUT2D eigenvalue weighted by Gasteiger charge is -2.43. The maximum atomic E-state index is 4.50. The van der Waals surface area contributed by atoms with E-state index in [2.05, 4.69) is 74.1 Å². The van der Waals surface area contributed by atoms with Gasteiger partial charge in [-0.1, -0.05) is 48.0 Å². The molecule has 21 heavy (non-hydrogen) atoms. The molecule has 1 aliphatic rings. The molecule has 5 heteroatoms. The van der Waals surface area contributed by atoms with Crippen molar-refractivity contribution in [3.63, 3.8) is 0 Å². The normalized spacial score (nSPS) is 17.0. The van der Waals surface area contributed by atoms with Crippen molar-refractivity contribution in [2.75, 3.05) is 13.1 Å². The van der Waals surface area contributed by atoms with Crippen LogP contribution < -0.4 is 5.32 Å². The summed E-state index contributed by atoms with van der Waals surface area (Å²) in [6.45, 7) is 7.32. The van der Waals surface area contributed by atoms with Crippen molar-refractivity contribution in [3.8, 4) is 0 Å². The van der Waals surface area contributed by atoms with E-state index in [-0.39, 0.29) is 5.41 Å². The van der Waals surface area contributed by atoms with Gasteiger partial charge in [-0.25, -0.2) is 9.67 Å². The van der Waals surface area contributed by atoms with Crippen LogP contribution in [-0.4, -0.2) is 27.9 Å².